The average Bonchev–Trinajstić information content (AvgIpc) is 2.28. The number of piperazine rings is 1. The lowest BCUT2D eigenvalue weighted by atomic mass is 10.1. The molecule has 1 atom stereocenters. The van der Waals surface area contributed by atoms with Crippen LogP contribution in [0.2, 0.25) is 0 Å². The standard InChI is InChI=1S/C12H16F3N3.2ClH/c1-9-3-2-4-10(17-9)11(12(13,14)15)18-7-5-16-6-8-18;;/h2-4,11,16H,5-8H2,1H3;2*1H/t11-;;/m1../s1. The summed E-state index contributed by atoms with van der Waals surface area (Å²) in [5.41, 5.74) is 0.696. The minimum Gasteiger partial charge on any atom is -0.314 e. The number of nitrogens with one attached hydrogen (secondary N) is 1. The molecule has 0 aromatic carbocycles. The van der Waals surface area contributed by atoms with Gasteiger partial charge in [0.1, 0.15) is 6.04 Å². The van der Waals surface area contributed by atoms with E-state index in [4.69, 9.17) is 0 Å². The highest BCUT2D eigenvalue weighted by molar-refractivity contribution is 5.85. The van der Waals surface area contributed by atoms with Gasteiger partial charge in [-0.3, -0.25) is 9.88 Å². The Hall–Kier alpha value is -0.560. The van der Waals surface area contributed by atoms with Gasteiger partial charge in [-0.25, -0.2) is 0 Å². The Bertz CT molecular complexity index is 409. The summed E-state index contributed by atoms with van der Waals surface area (Å²) in [4.78, 5) is 5.48. The maximum Gasteiger partial charge on any atom is 0.409 e. The van der Waals surface area contributed by atoms with E-state index in [1.165, 1.54) is 11.0 Å². The van der Waals surface area contributed by atoms with Crippen LogP contribution in [0.25, 0.3) is 0 Å². The van der Waals surface area contributed by atoms with E-state index in [9.17, 15) is 13.2 Å². The summed E-state index contributed by atoms with van der Waals surface area (Å²) in [5.74, 6) is 0. The van der Waals surface area contributed by atoms with Crippen molar-refractivity contribution in [1.82, 2.24) is 15.2 Å². The van der Waals surface area contributed by atoms with E-state index in [0.29, 0.717) is 31.9 Å². The molecule has 1 aliphatic rings. The normalized spacial score (nSPS) is 17.8. The molecule has 0 bridgehead atoms. The molecule has 1 aromatic rings. The molecule has 0 unspecified atom stereocenters. The Morgan fingerprint density at radius 2 is 1.80 bits per heavy atom. The SMILES string of the molecule is Cc1cccc([C@@H](N2CCNCC2)C(F)(F)F)n1.Cl.Cl. The number of aryl methyl sites for hydroxylation is 1. The zero-order valence-electron chi connectivity index (χ0n) is 11.0. The molecular weight excluding hydrogens is 314 g/mol. The molecule has 1 aromatic heterocycles. The molecule has 1 fully saturated rings. The summed E-state index contributed by atoms with van der Waals surface area (Å²) < 4.78 is 39.7. The van der Waals surface area contributed by atoms with Gasteiger partial charge in [0, 0.05) is 31.9 Å². The Morgan fingerprint density at radius 3 is 2.30 bits per heavy atom. The molecule has 0 aliphatic carbocycles. The van der Waals surface area contributed by atoms with Crippen LogP contribution in [0.15, 0.2) is 18.2 Å². The summed E-state index contributed by atoms with van der Waals surface area (Å²) in [5, 5.41) is 3.05. The topological polar surface area (TPSA) is 28.2 Å². The van der Waals surface area contributed by atoms with Crippen molar-refractivity contribution in [3.05, 3.63) is 29.6 Å². The minimum atomic E-state index is -4.29. The molecular formula is C12H18Cl2F3N3. The van der Waals surface area contributed by atoms with E-state index in [0.717, 1.165) is 0 Å². The molecule has 1 aliphatic heterocycles. The van der Waals surface area contributed by atoms with Crippen LogP contribution in [0, 0.1) is 6.92 Å². The summed E-state index contributed by atoms with van der Waals surface area (Å²) in [6.45, 7) is 3.64. The van der Waals surface area contributed by atoms with Gasteiger partial charge in [-0.05, 0) is 19.1 Å². The van der Waals surface area contributed by atoms with Gasteiger partial charge in [-0.15, -0.1) is 24.8 Å². The monoisotopic (exact) mass is 331 g/mol. The molecule has 0 saturated carbocycles. The second-order valence-corrected chi connectivity index (χ2v) is 4.43. The Balaban J connectivity index is 0.00000180. The molecule has 0 radical (unpaired) electrons. The Kier molecular flexibility index (Phi) is 7.80. The molecule has 116 valence electrons. The lowest BCUT2D eigenvalue weighted by Crippen LogP contribution is -2.49. The predicted molar refractivity (Wildman–Crippen MR) is 76.7 cm³/mol. The Labute approximate surface area is 128 Å². The van der Waals surface area contributed by atoms with Crippen LogP contribution in [0.4, 0.5) is 13.2 Å². The number of hydrogen-bond donors (Lipinski definition) is 1. The lowest BCUT2D eigenvalue weighted by Gasteiger charge is -2.35. The molecule has 1 saturated heterocycles. The highest BCUT2D eigenvalue weighted by Crippen LogP contribution is 2.36. The Morgan fingerprint density at radius 1 is 1.20 bits per heavy atom. The average molecular weight is 332 g/mol. The number of pyridine rings is 1. The van der Waals surface area contributed by atoms with Gasteiger partial charge in [-0.1, -0.05) is 6.07 Å². The number of halogens is 5. The van der Waals surface area contributed by atoms with Crippen molar-refractivity contribution in [2.75, 3.05) is 26.2 Å². The van der Waals surface area contributed by atoms with E-state index in [1.807, 2.05) is 0 Å². The maximum atomic E-state index is 13.2. The van der Waals surface area contributed by atoms with Crippen LogP contribution in [-0.2, 0) is 0 Å². The number of rotatable bonds is 2. The maximum absolute atomic E-state index is 13.2. The fourth-order valence-electron chi connectivity index (χ4n) is 2.22. The first-order valence-corrected chi connectivity index (χ1v) is 5.93. The summed E-state index contributed by atoms with van der Waals surface area (Å²) in [6, 6.07) is 3.18. The third-order valence-electron chi connectivity index (χ3n) is 3.02. The zero-order chi connectivity index (χ0) is 13.2. The third kappa shape index (κ3) is 4.77. The number of aromatic nitrogens is 1. The molecule has 8 heteroatoms. The van der Waals surface area contributed by atoms with E-state index in [2.05, 4.69) is 10.3 Å². The van der Waals surface area contributed by atoms with Gasteiger partial charge >= 0.3 is 6.18 Å². The van der Waals surface area contributed by atoms with Gasteiger partial charge in [-0.2, -0.15) is 13.2 Å². The first kappa shape index (κ1) is 19.4. The summed E-state index contributed by atoms with van der Waals surface area (Å²) in [6.07, 6.45) is -4.29. The van der Waals surface area contributed by atoms with Crippen LogP contribution >= 0.6 is 24.8 Å². The molecule has 20 heavy (non-hydrogen) atoms. The van der Waals surface area contributed by atoms with E-state index >= 15 is 0 Å². The van der Waals surface area contributed by atoms with Crippen molar-refractivity contribution < 1.29 is 13.2 Å². The van der Waals surface area contributed by atoms with Crippen LogP contribution in [0.1, 0.15) is 17.4 Å². The molecule has 3 nitrogen and oxygen atoms in total. The largest absolute Gasteiger partial charge is 0.409 e. The molecule has 1 N–H and O–H groups in total. The van der Waals surface area contributed by atoms with Crippen LogP contribution < -0.4 is 5.32 Å². The second-order valence-electron chi connectivity index (χ2n) is 4.43. The molecule has 0 amide bonds. The lowest BCUT2D eigenvalue weighted by molar-refractivity contribution is -0.188. The van der Waals surface area contributed by atoms with Gasteiger partial charge < -0.3 is 5.32 Å². The first-order chi connectivity index (χ1) is 8.48. The fourth-order valence-corrected chi connectivity index (χ4v) is 2.22. The quantitative estimate of drug-likeness (QED) is 0.903. The molecule has 0 spiro atoms. The molecule has 2 rings (SSSR count). The van der Waals surface area contributed by atoms with Gasteiger partial charge in [0.05, 0.1) is 5.69 Å². The number of hydrogen-bond acceptors (Lipinski definition) is 3. The van der Waals surface area contributed by atoms with Crippen molar-refractivity contribution in [3.63, 3.8) is 0 Å². The van der Waals surface area contributed by atoms with Crippen molar-refractivity contribution in [2.24, 2.45) is 0 Å². The number of nitrogens with zero attached hydrogens (tertiary/aromatic N) is 2. The van der Waals surface area contributed by atoms with Crippen molar-refractivity contribution in [2.45, 2.75) is 19.1 Å². The fraction of sp³-hybridized carbons (Fsp3) is 0.583. The second kappa shape index (κ2) is 8.02. The smallest absolute Gasteiger partial charge is 0.314 e. The number of alkyl halides is 3. The van der Waals surface area contributed by atoms with E-state index < -0.39 is 12.2 Å². The highest BCUT2D eigenvalue weighted by atomic mass is 35.5. The van der Waals surface area contributed by atoms with Crippen molar-refractivity contribution >= 4 is 24.8 Å². The molecule has 2 heterocycles. The minimum absolute atomic E-state index is 0. The van der Waals surface area contributed by atoms with Gasteiger partial charge in [0.2, 0.25) is 0 Å². The summed E-state index contributed by atoms with van der Waals surface area (Å²) in [7, 11) is 0. The van der Waals surface area contributed by atoms with Crippen LogP contribution in [0.5, 0.6) is 0 Å². The summed E-state index contributed by atoms with van der Waals surface area (Å²) >= 11 is 0. The zero-order valence-corrected chi connectivity index (χ0v) is 12.6. The van der Waals surface area contributed by atoms with Gasteiger partial charge in [0.25, 0.3) is 0 Å². The van der Waals surface area contributed by atoms with E-state index in [1.54, 1.807) is 19.1 Å². The highest BCUT2D eigenvalue weighted by Gasteiger charge is 2.45. The van der Waals surface area contributed by atoms with E-state index in [-0.39, 0.29) is 30.5 Å². The first-order valence-electron chi connectivity index (χ1n) is 5.93. The van der Waals surface area contributed by atoms with Gasteiger partial charge in [0.15, 0.2) is 0 Å². The van der Waals surface area contributed by atoms with Crippen molar-refractivity contribution in [3.8, 4) is 0 Å². The predicted octanol–water partition coefficient (Wildman–Crippen LogP) is 2.74. The third-order valence-corrected chi connectivity index (χ3v) is 3.02. The van der Waals surface area contributed by atoms with Crippen LogP contribution in [0.3, 0.4) is 0 Å². The van der Waals surface area contributed by atoms with Crippen LogP contribution in [-0.4, -0.2) is 42.2 Å². The van der Waals surface area contributed by atoms with Crippen molar-refractivity contribution in [1.29, 1.82) is 0 Å².